The number of H-pyrrole nitrogens is 1. The monoisotopic (exact) mass is 412 g/mol. The van der Waals surface area contributed by atoms with Crippen LogP contribution in [-0.2, 0) is 12.8 Å². The zero-order valence-corrected chi connectivity index (χ0v) is 15.7. The highest BCUT2D eigenvalue weighted by Crippen LogP contribution is 2.18. The number of aromatic amines is 1. The van der Waals surface area contributed by atoms with Gasteiger partial charge in [0, 0.05) is 15.7 Å². The number of hydrogen-bond donors (Lipinski definition) is 2. The van der Waals surface area contributed by atoms with E-state index in [9.17, 15) is 0 Å². The molecule has 1 rings (SSSR count). The summed E-state index contributed by atoms with van der Waals surface area (Å²) < 4.78 is 0.954. The van der Waals surface area contributed by atoms with Crippen molar-refractivity contribution in [1.82, 2.24) is 10.2 Å². The molecule has 0 bridgehead atoms. The molecule has 2 N–H and O–H groups in total. The van der Waals surface area contributed by atoms with Gasteiger partial charge in [-0.2, -0.15) is 10.2 Å². The van der Waals surface area contributed by atoms with Crippen molar-refractivity contribution in [3.8, 4) is 0 Å². The minimum Gasteiger partial charge on any atom is -0.282 e. The summed E-state index contributed by atoms with van der Waals surface area (Å²) in [5.74, 6) is 1.04. The van der Waals surface area contributed by atoms with Crippen molar-refractivity contribution in [3.05, 3.63) is 51.5 Å². The molecule has 0 unspecified atom stereocenters. The number of rotatable bonds is 9. The van der Waals surface area contributed by atoms with Crippen molar-refractivity contribution in [1.29, 1.82) is 5.53 Å². The van der Waals surface area contributed by atoms with Gasteiger partial charge in [0.1, 0.15) is 0 Å². The molecule has 1 aromatic rings. The van der Waals surface area contributed by atoms with Gasteiger partial charge < -0.3 is 0 Å². The maximum absolute atomic E-state index is 6.79. The van der Waals surface area contributed by atoms with Crippen molar-refractivity contribution in [2.24, 2.45) is 17.0 Å². The molecule has 0 saturated heterocycles. The third-order valence-corrected chi connectivity index (χ3v) is 3.76. The molecule has 0 aliphatic carbocycles. The SMILES string of the molecule is C=C(Cc1cc(CC(C)C)[nH]n1)C[C@@H](C)/C=C/C(I)=C\N=N. The van der Waals surface area contributed by atoms with E-state index in [0.29, 0.717) is 11.8 Å². The van der Waals surface area contributed by atoms with Gasteiger partial charge in [-0.15, -0.1) is 0 Å². The topological polar surface area (TPSA) is 64.9 Å². The summed E-state index contributed by atoms with van der Waals surface area (Å²) in [7, 11) is 0. The Morgan fingerprint density at radius 3 is 2.86 bits per heavy atom. The standard InChI is InChI=1S/C17H25IN4/c1-12(2)7-16-10-17(22-21-16)9-14(4)8-13(3)5-6-15(18)11-20-19/h5-6,10-13,19H,4,7-9H2,1-3H3,(H,21,22)/b6-5+,15-11+,20-19?/t13-/m0/s1. The third-order valence-electron chi connectivity index (χ3n) is 3.13. The van der Waals surface area contributed by atoms with Crippen LogP contribution in [0, 0.1) is 17.4 Å². The van der Waals surface area contributed by atoms with E-state index < -0.39 is 0 Å². The Morgan fingerprint density at radius 1 is 1.50 bits per heavy atom. The van der Waals surface area contributed by atoms with E-state index >= 15 is 0 Å². The molecule has 0 fully saturated rings. The predicted molar refractivity (Wildman–Crippen MR) is 100 cm³/mol. The normalized spacial score (nSPS) is 13.8. The molecule has 0 amide bonds. The summed E-state index contributed by atoms with van der Waals surface area (Å²) in [6.07, 6.45) is 8.44. The first kappa shape index (κ1) is 18.8. The summed E-state index contributed by atoms with van der Waals surface area (Å²) in [6.45, 7) is 10.7. The summed E-state index contributed by atoms with van der Waals surface area (Å²) in [5.41, 5.74) is 10.2. The number of aromatic nitrogens is 2. The molecule has 4 nitrogen and oxygen atoms in total. The van der Waals surface area contributed by atoms with Crippen molar-refractivity contribution in [3.63, 3.8) is 0 Å². The maximum atomic E-state index is 6.79. The smallest absolute Gasteiger partial charge is 0.0665 e. The molecule has 1 atom stereocenters. The van der Waals surface area contributed by atoms with Gasteiger partial charge in [0.05, 0.1) is 11.9 Å². The molecular formula is C17H25IN4. The summed E-state index contributed by atoms with van der Waals surface area (Å²) >= 11 is 2.16. The van der Waals surface area contributed by atoms with Crippen LogP contribution in [0.15, 0.2) is 45.3 Å². The second-order valence-corrected chi connectivity index (χ2v) is 7.34. The highest BCUT2D eigenvalue weighted by Gasteiger charge is 2.07. The lowest BCUT2D eigenvalue weighted by Crippen LogP contribution is -1.96. The van der Waals surface area contributed by atoms with Gasteiger partial charge in [0.2, 0.25) is 0 Å². The van der Waals surface area contributed by atoms with Crippen LogP contribution in [0.1, 0.15) is 38.6 Å². The molecular weight excluding hydrogens is 387 g/mol. The van der Waals surface area contributed by atoms with Gasteiger partial charge in [0.15, 0.2) is 0 Å². The Hall–Kier alpha value is -1.24. The van der Waals surface area contributed by atoms with E-state index in [2.05, 4.69) is 77.4 Å². The molecule has 120 valence electrons. The maximum Gasteiger partial charge on any atom is 0.0665 e. The number of nitrogens with one attached hydrogen (secondary N) is 2. The van der Waals surface area contributed by atoms with E-state index in [-0.39, 0.29) is 0 Å². The van der Waals surface area contributed by atoms with Crippen LogP contribution in [0.25, 0.3) is 0 Å². The van der Waals surface area contributed by atoms with Gasteiger partial charge in [-0.3, -0.25) is 5.10 Å². The average molecular weight is 412 g/mol. The second-order valence-electron chi connectivity index (χ2n) is 6.09. The van der Waals surface area contributed by atoms with Gasteiger partial charge in [-0.1, -0.05) is 45.1 Å². The van der Waals surface area contributed by atoms with Crippen molar-refractivity contribution >= 4 is 22.6 Å². The van der Waals surface area contributed by atoms with Gasteiger partial charge in [-0.05, 0) is 53.3 Å². The van der Waals surface area contributed by atoms with Crippen LogP contribution in [-0.4, -0.2) is 10.2 Å². The van der Waals surface area contributed by atoms with E-state index in [1.807, 2.05) is 6.08 Å². The van der Waals surface area contributed by atoms with E-state index in [1.54, 1.807) is 0 Å². The quantitative estimate of drug-likeness (QED) is 0.236. The molecule has 1 aromatic heterocycles. The Balaban J connectivity index is 2.47. The van der Waals surface area contributed by atoms with Crippen LogP contribution >= 0.6 is 22.6 Å². The first-order valence-corrected chi connectivity index (χ1v) is 8.58. The molecule has 0 aromatic carbocycles. The minimum atomic E-state index is 0.408. The predicted octanol–water partition coefficient (Wildman–Crippen LogP) is 5.60. The van der Waals surface area contributed by atoms with E-state index in [4.69, 9.17) is 5.53 Å². The zero-order chi connectivity index (χ0) is 16.5. The number of hydrogen-bond acceptors (Lipinski definition) is 3. The molecule has 1 heterocycles. The fraction of sp³-hybridized carbons (Fsp3) is 0.471. The van der Waals surface area contributed by atoms with Gasteiger partial charge in [0.25, 0.3) is 0 Å². The summed E-state index contributed by atoms with van der Waals surface area (Å²) in [4.78, 5) is 0. The van der Waals surface area contributed by atoms with Crippen LogP contribution in [0.2, 0.25) is 0 Å². The average Bonchev–Trinajstić information content (AvgIpc) is 2.82. The van der Waals surface area contributed by atoms with E-state index in [0.717, 1.165) is 28.5 Å². The van der Waals surface area contributed by atoms with Crippen LogP contribution in [0.4, 0.5) is 0 Å². The highest BCUT2D eigenvalue weighted by atomic mass is 127. The number of halogens is 1. The molecule has 5 heteroatoms. The second kappa shape index (κ2) is 9.71. The van der Waals surface area contributed by atoms with Gasteiger partial charge >= 0.3 is 0 Å². The number of nitrogens with zero attached hydrogens (tertiary/aromatic N) is 2. The first-order chi connectivity index (χ1) is 10.4. The van der Waals surface area contributed by atoms with Gasteiger partial charge in [-0.25, -0.2) is 5.53 Å². The molecule has 0 aliphatic rings. The van der Waals surface area contributed by atoms with Crippen LogP contribution in [0.3, 0.4) is 0 Å². The van der Waals surface area contributed by atoms with Crippen molar-refractivity contribution in [2.45, 2.75) is 40.0 Å². The first-order valence-electron chi connectivity index (χ1n) is 7.51. The van der Waals surface area contributed by atoms with Crippen molar-refractivity contribution < 1.29 is 0 Å². The molecule has 0 radical (unpaired) electrons. The fourth-order valence-electron chi connectivity index (χ4n) is 2.26. The number of allylic oxidation sites excluding steroid dienone is 4. The third kappa shape index (κ3) is 7.68. The minimum absolute atomic E-state index is 0.408. The molecule has 0 saturated carbocycles. The Labute approximate surface area is 146 Å². The largest absolute Gasteiger partial charge is 0.282 e. The lowest BCUT2D eigenvalue weighted by molar-refractivity contribution is 0.633. The Kier molecular flexibility index (Phi) is 8.30. The van der Waals surface area contributed by atoms with Crippen LogP contribution < -0.4 is 0 Å². The summed E-state index contributed by atoms with van der Waals surface area (Å²) in [6, 6.07) is 2.15. The zero-order valence-electron chi connectivity index (χ0n) is 13.6. The highest BCUT2D eigenvalue weighted by molar-refractivity contribution is 14.1. The van der Waals surface area contributed by atoms with Crippen LogP contribution in [0.5, 0.6) is 0 Å². The summed E-state index contributed by atoms with van der Waals surface area (Å²) in [5, 5.41) is 10.7. The van der Waals surface area contributed by atoms with Crippen molar-refractivity contribution in [2.75, 3.05) is 0 Å². The fourth-order valence-corrected chi connectivity index (χ4v) is 2.60. The molecule has 0 aliphatic heterocycles. The lowest BCUT2D eigenvalue weighted by atomic mass is 9.98. The molecule has 22 heavy (non-hydrogen) atoms. The molecule has 0 spiro atoms. The Morgan fingerprint density at radius 2 is 2.23 bits per heavy atom. The Bertz CT molecular complexity index is 555. The lowest BCUT2D eigenvalue weighted by Gasteiger charge is -2.08. The van der Waals surface area contributed by atoms with E-state index in [1.165, 1.54) is 17.5 Å².